The minimum atomic E-state index is 0. The number of aromatic nitrogens is 3. The van der Waals surface area contributed by atoms with Crippen LogP contribution in [0.1, 0.15) is 13.8 Å². The molecule has 4 nitrogen and oxygen atoms in total. The molecule has 14 heavy (non-hydrogen) atoms. The van der Waals surface area contributed by atoms with Crippen LogP contribution in [0.25, 0.3) is 0 Å². The number of rotatable bonds is 3. The molecule has 0 unspecified atom stereocenters. The molecule has 72 valence electrons. The van der Waals surface area contributed by atoms with Gasteiger partial charge in [0.05, 0.1) is 0 Å². The van der Waals surface area contributed by atoms with Gasteiger partial charge in [0.15, 0.2) is 0 Å². The van der Waals surface area contributed by atoms with Crippen LogP contribution in [0.15, 0.2) is 5.16 Å². The predicted octanol–water partition coefficient (Wildman–Crippen LogP) is -1.71. The standard InChI is InChI=1S/C7H12N4S2.Na/c1-3-11(4-2)5-8-6(12)10-7(13)9-5;/h3-4H2,1-2H3,(H2,8,9,10,12,13);/q;+1/p-1. The van der Waals surface area contributed by atoms with E-state index < -0.39 is 0 Å². The zero-order valence-electron chi connectivity index (χ0n) is 8.57. The molecule has 1 heterocycles. The Bertz CT molecular complexity index is 337. The van der Waals surface area contributed by atoms with Gasteiger partial charge in [0.2, 0.25) is 10.7 Å². The Balaban J connectivity index is 0.00000169. The summed E-state index contributed by atoms with van der Waals surface area (Å²) in [5, 5.41) is 0.391. The van der Waals surface area contributed by atoms with Gasteiger partial charge in [-0.1, -0.05) is 0 Å². The maximum absolute atomic E-state index is 4.90. The Kier molecular flexibility index (Phi) is 6.80. The van der Waals surface area contributed by atoms with E-state index in [1.165, 1.54) is 0 Å². The van der Waals surface area contributed by atoms with Gasteiger partial charge >= 0.3 is 29.6 Å². The van der Waals surface area contributed by atoms with E-state index in [1.54, 1.807) is 0 Å². The van der Waals surface area contributed by atoms with Crippen molar-refractivity contribution >= 4 is 30.8 Å². The van der Waals surface area contributed by atoms with Gasteiger partial charge in [-0.25, -0.2) is 4.98 Å². The van der Waals surface area contributed by atoms with Gasteiger partial charge in [0.25, 0.3) is 0 Å². The molecule has 0 atom stereocenters. The van der Waals surface area contributed by atoms with E-state index in [2.05, 4.69) is 15.0 Å². The summed E-state index contributed by atoms with van der Waals surface area (Å²) in [6.07, 6.45) is 0. The van der Waals surface area contributed by atoms with Crippen molar-refractivity contribution in [2.45, 2.75) is 19.0 Å². The quantitative estimate of drug-likeness (QED) is 0.386. The second-order valence-electron chi connectivity index (χ2n) is 2.43. The van der Waals surface area contributed by atoms with Gasteiger partial charge in [-0.15, -0.1) is 0 Å². The molecule has 0 fully saturated rings. The SMILES string of the molecule is CCN(CC)c1nc(=S)nc([S-])[nH]1.[Na+]. The summed E-state index contributed by atoms with van der Waals surface area (Å²) in [5.74, 6) is 0.704. The Labute approximate surface area is 116 Å². The molecule has 0 aliphatic rings. The first-order valence-electron chi connectivity index (χ1n) is 4.07. The first-order chi connectivity index (χ1) is 6.17. The fraction of sp³-hybridized carbons (Fsp3) is 0.571. The molecule has 0 saturated heterocycles. The van der Waals surface area contributed by atoms with Crippen LogP contribution in [-0.4, -0.2) is 28.0 Å². The van der Waals surface area contributed by atoms with Crippen molar-refractivity contribution in [3.05, 3.63) is 4.77 Å². The molecule has 0 aromatic carbocycles. The molecule has 0 bridgehead atoms. The van der Waals surface area contributed by atoms with Crippen LogP contribution >= 0.6 is 12.2 Å². The summed E-state index contributed by atoms with van der Waals surface area (Å²) in [5.41, 5.74) is 0. The van der Waals surface area contributed by atoms with E-state index in [1.807, 2.05) is 18.7 Å². The first-order valence-corrected chi connectivity index (χ1v) is 4.89. The third-order valence-electron chi connectivity index (χ3n) is 1.68. The van der Waals surface area contributed by atoms with Gasteiger partial charge in [0.1, 0.15) is 0 Å². The number of hydrogen-bond acceptors (Lipinski definition) is 5. The molecule has 0 radical (unpaired) electrons. The molecule has 1 aromatic rings. The Hall–Kier alpha value is 0.250. The number of nitrogens with zero attached hydrogens (tertiary/aromatic N) is 3. The number of hydrogen-bond donors (Lipinski definition) is 1. The summed E-state index contributed by atoms with van der Waals surface area (Å²) in [6.45, 7) is 5.83. The number of H-pyrrole nitrogens is 1. The molecule has 7 heteroatoms. The summed E-state index contributed by atoms with van der Waals surface area (Å²) in [6, 6.07) is 0. The molecule has 1 N–H and O–H groups in total. The van der Waals surface area contributed by atoms with Gasteiger partial charge in [0, 0.05) is 13.1 Å². The largest absolute Gasteiger partial charge is 1.00 e. The number of nitrogens with one attached hydrogen (secondary N) is 1. The molecular weight excluding hydrogens is 227 g/mol. The Morgan fingerprint density at radius 1 is 1.36 bits per heavy atom. The average Bonchev–Trinajstić information content (AvgIpc) is 2.04. The van der Waals surface area contributed by atoms with Crippen LogP contribution in [0.5, 0.6) is 0 Å². The van der Waals surface area contributed by atoms with Crippen molar-refractivity contribution < 1.29 is 29.6 Å². The molecule has 0 aliphatic carbocycles. The van der Waals surface area contributed by atoms with E-state index in [0.717, 1.165) is 13.1 Å². The number of aromatic amines is 1. The third-order valence-corrected chi connectivity index (χ3v) is 2.06. The Morgan fingerprint density at radius 3 is 2.36 bits per heavy atom. The van der Waals surface area contributed by atoms with Crippen LogP contribution in [0.4, 0.5) is 5.95 Å². The fourth-order valence-corrected chi connectivity index (χ4v) is 1.44. The second-order valence-corrected chi connectivity index (χ2v) is 3.18. The van der Waals surface area contributed by atoms with Crippen LogP contribution in [0.3, 0.4) is 0 Å². The zero-order chi connectivity index (χ0) is 9.84. The van der Waals surface area contributed by atoms with Crippen molar-refractivity contribution in [3.8, 4) is 0 Å². The predicted molar refractivity (Wildman–Crippen MR) is 56.4 cm³/mol. The van der Waals surface area contributed by atoms with Crippen LogP contribution in [0.2, 0.25) is 0 Å². The Morgan fingerprint density at radius 2 is 1.93 bits per heavy atom. The van der Waals surface area contributed by atoms with E-state index in [9.17, 15) is 0 Å². The molecule has 0 aliphatic heterocycles. The minimum absolute atomic E-state index is 0. The van der Waals surface area contributed by atoms with Crippen LogP contribution in [-0.2, 0) is 12.6 Å². The third kappa shape index (κ3) is 3.78. The summed E-state index contributed by atoms with van der Waals surface area (Å²) in [4.78, 5) is 12.8. The van der Waals surface area contributed by atoms with Crippen molar-refractivity contribution in [3.63, 3.8) is 0 Å². The molecular formula is C7H11N4NaS2. The normalized spacial score (nSPS) is 9.29. The number of anilines is 1. The minimum Gasteiger partial charge on any atom is -0.742 e. The summed E-state index contributed by atoms with van der Waals surface area (Å²) >= 11 is 9.77. The van der Waals surface area contributed by atoms with Gasteiger partial charge in [-0.3, -0.25) is 0 Å². The second kappa shape index (κ2) is 6.68. The molecule has 0 saturated carbocycles. The topological polar surface area (TPSA) is 44.8 Å². The summed E-state index contributed by atoms with van der Waals surface area (Å²) in [7, 11) is 0. The van der Waals surface area contributed by atoms with Crippen molar-refractivity contribution in [2.24, 2.45) is 0 Å². The maximum Gasteiger partial charge on any atom is 1.00 e. The van der Waals surface area contributed by atoms with Gasteiger partial charge < -0.3 is 22.5 Å². The summed E-state index contributed by atoms with van der Waals surface area (Å²) < 4.78 is 0.297. The molecule has 0 spiro atoms. The van der Waals surface area contributed by atoms with Crippen molar-refractivity contribution in [2.75, 3.05) is 18.0 Å². The van der Waals surface area contributed by atoms with Crippen LogP contribution < -0.4 is 34.5 Å². The molecule has 0 amide bonds. The van der Waals surface area contributed by atoms with Gasteiger partial charge in [-0.2, -0.15) is 4.98 Å². The fourth-order valence-electron chi connectivity index (χ4n) is 1.03. The molecule has 1 rings (SSSR count). The van der Waals surface area contributed by atoms with Crippen molar-refractivity contribution in [1.82, 2.24) is 15.0 Å². The molecule has 1 aromatic heterocycles. The van der Waals surface area contributed by atoms with Crippen LogP contribution in [0, 0.1) is 4.77 Å². The van der Waals surface area contributed by atoms with E-state index in [4.69, 9.17) is 24.8 Å². The monoisotopic (exact) mass is 238 g/mol. The van der Waals surface area contributed by atoms with E-state index in [-0.39, 0.29) is 29.6 Å². The van der Waals surface area contributed by atoms with E-state index in [0.29, 0.717) is 15.9 Å². The zero-order valence-corrected chi connectivity index (χ0v) is 12.2. The first kappa shape index (κ1) is 14.2. The smallest absolute Gasteiger partial charge is 0.742 e. The van der Waals surface area contributed by atoms with Crippen molar-refractivity contribution in [1.29, 1.82) is 0 Å². The van der Waals surface area contributed by atoms with E-state index >= 15 is 0 Å². The van der Waals surface area contributed by atoms with Gasteiger partial charge in [-0.05, 0) is 31.2 Å². The average molecular weight is 238 g/mol. The maximum atomic E-state index is 4.90.